The van der Waals surface area contributed by atoms with Crippen LogP contribution in [0.25, 0.3) is 0 Å². The third-order valence-electron chi connectivity index (χ3n) is 3.26. The summed E-state index contributed by atoms with van der Waals surface area (Å²) in [7, 11) is 0. The molecular formula is C14H20N2O2. The molecule has 1 aromatic carbocycles. The zero-order valence-corrected chi connectivity index (χ0v) is 10.8. The molecule has 0 aliphatic carbocycles. The Labute approximate surface area is 108 Å². The molecule has 1 amide bonds. The second kappa shape index (κ2) is 5.98. The van der Waals surface area contributed by atoms with Crippen LogP contribution in [0.2, 0.25) is 0 Å². The van der Waals surface area contributed by atoms with Crippen molar-refractivity contribution >= 4 is 5.91 Å². The number of carbonyl (C=O) groups is 1. The molecule has 2 N–H and O–H groups in total. The minimum Gasteiger partial charge on any atom is -0.377 e. The summed E-state index contributed by atoms with van der Waals surface area (Å²) in [4.78, 5) is 14.2. The van der Waals surface area contributed by atoms with Gasteiger partial charge in [-0.2, -0.15) is 0 Å². The normalized spacial score (nSPS) is 19.9. The van der Waals surface area contributed by atoms with E-state index in [1.165, 1.54) is 5.56 Å². The predicted octanol–water partition coefficient (Wildman–Crippen LogP) is 1.05. The fourth-order valence-electron chi connectivity index (χ4n) is 2.18. The highest BCUT2D eigenvalue weighted by atomic mass is 16.5. The van der Waals surface area contributed by atoms with Gasteiger partial charge in [0.15, 0.2) is 0 Å². The third kappa shape index (κ3) is 2.89. The first kappa shape index (κ1) is 13.1. The highest BCUT2D eigenvalue weighted by Gasteiger charge is 2.24. The highest BCUT2D eigenvalue weighted by molar-refractivity contribution is 5.94. The third-order valence-corrected chi connectivity index (χ3v) is 3.26. The first-order valence-corrected chi connectivity index (χ1v) is 6.40. The minimum absolute atomic E-state index is 0.0881. The van der Waals surface area contributed by atoms with Crippen LogP contribution in [-0.4, -0.2) is 43.2 Å². The lowest BCUT2D eigenvalue weighted by molar-refractivity contribution is 0.00359. The molecule has 0 aromatic heterocycles. The minimum atomic E-state index is 0.0881. The number of nitrogens with zero attached hydrogens (tertiary/aromatic N) is 1. The Kier molecular flexibility index (Phi) is 4.33. The number of nitrogens with two attached hydrogens (primary N) is 1. The van der Waals surface area contributed by atoms with Crippen LogP contribution in [0.15, 0.2) is 24.3 Å². The summed E-state index contributed by atoms with van der Waals surface area (Å²) < 4.78 is 5.34. The average molecular weight is 248 g/mol. The zero-order valence-electron chi connectivity index (χ0n) is 10.8. The van der Waals surface area contributed by atoms with E-state index in [0.29, 0.717) is 26.3 Å². The van der Waals surface area contributed by atoms with Gasteiger partial charge in [-0.1, -0.05) is 12.1 Å². The summed E-state index contributed by atoms with van der Waals surface area (Å²) >= 11 is 0. The molecule has 0 bridgehead atoms. The molecule has 1 aliphatic rings. The van der Waals surface area contributed by atoms with Crippen LogP contribution in [-0.2, 0) is 11.2 Å². The Morgan fingerprint density at radius 1 is 1.44 bits per heavy atom. The summed E-state index contributed by atoms with van der Waals surface area (Å²) in [6.45, 7) is 4.57. The number of benzene rings is 1. The smallest absolute Gasteiger partial charge is 0.254 e. The number of rotatable bonds is 3. The molecule has 0 radical (unpaired) electrons. The van der Waals surface area contributed by atoms with Crippen molar-refractivity contribution in [3.8, 4) is 0 Å². The lowest BCUT2D eigenvalue weighted by Crippen LogP contribution is -2.47. The standard InChI is InChI=1S/C14H20N2O2/c1-11-10-18-9-8-16(11)14(17)13-4-2-12(3-5-13)6-7-15/h2-5,11H,6-10,15H2,1H3. The van der Waals surface area contributed by atoms with Crippen molar-refractivity contribution < 1.29 is 9.53 Å². The van der Waals surface area contributed by atoms with Crippen LogP contribution in [0, 0.1) is 0 Å². The van der Waals surface area contributed by atoms with E-state index in [1.807, 2.05) is 36.1 Å². The van der Waals surface area contributed by atoms with E-state index in [1.54, 1.807) is 0 Å². The summed E-state index contributed by atoms with van der Waals surface area (Å²) in [6, 6.07) is 7.87. The Hall–Kier alpha value is -1.39. The van der Waals surface area contributed by atoms with E-state index < -0.39 is 0 Å². The molecule has 4 heteroatoms. The topological polar surface area (TPSA) is 55.6 Å². The molecule has 1 aliphatic heterocycles. The largest absolute Gasteiger partial charge is 0.377 e. The number of morpholine rings is 1. The second-order valence-electron chi connectivity index (χ2n) is 4.66. The van der Waals surface area contributed by atoms with Gasteiger partial charge in [-0.25, -0.2) is 0 Å². The van der Waals surface area contributed by atoms with Crippen LogP contribution in [0.1, 0.15) is 22.8 Å². The Morgan fingerprint density at radius 3 is 2.78 bits per heavy atom. The lowest BCUT2D eigenvalue weighted by Gasteiger charge is -2.33. The average Bonchev–Trinajstić information content (AvgIpc) is 2.40. The number of ether oxygens (including phenoxy) is 1. The molecule has 1 atom stereocenters. The number of amides is 1. The van der Waals surface area contributed by atoms with E-state index in [0.717, 1.165) is 12.0 Å². The molecule has 1 heterocycles. The Bertz CT molecular complexity index is 403. The number of carbonyl (C=O) groups excluding carboxylic acids is 1. The summed E-state index contributed by atoms with van der Waals surface area (Å²) in [6.07, 6.45) is 0.850. The van der Waals surface area contributed by atoms with E-state index in [2.05, 4.69) is 0 Å². The molecule has 2 rings (SSSR count). The summed E-state index contributed by atoms with van der Waals surface area (Å²) in [5.41, 5.74) is 7.42. The quantitative estimate of drug-likeness (QED) is 0.870. The van der Waals surface area contributed by atoms with Crippen LogP contribution < -0.4 is 5.73 Å². The van der Waals surface area contributed by atoms with Crippen LogP contribution in [0.4, 0.5) is 0 Å². The maximum atomic E-state index is 12.3. The van der Waals surface area contributed by atoms with Crippen molar-refractivity contribution in [2.24, 2.45) is 5.73 Å². The van der Waals surface area contributed by atoms with Crippen molar-refractivity contribution in [3.05, 3.63) is 35.4 Å². The highest BCUT2D eigenvalue weighted by Crippen LogP contribution is 2.13. The van der Waals surface area contributed by atoms with E-state index in [9.17, 15) is 4.79 Å². The second-order valence-corrected chi connectivity index (χ2v) is 4.66. The molecule has 1 fully saturated rings. The fraction of sp³-hybridized carbons (Fsp3) is 0.500. The van der Waals surface area contributed by atoms with Gasteiger partial charge in [-0.3, -0.25) is 4.79 Å². The molecule has 18 heavy (non-hydrogen) atoms. The molecule has 1 unspecified atom stereocenters. The molecule has 0 spiro atoms. The first-order chi connectivity index (χ1) is 8.72. The van der Waals surface area contributed by atoms with Crippen molar-refractivity contribution in [1.82, 2.24) is 4.90 Å². The maximum Gasteiger partial charge on any atom is 0.254 e. The van der Waals surface area contributed by atoms with Crippen LogP contribution >= 0.6 is 0 Å². The van der Waals surface area contributed by atoms with Gasteiger partial charge in [0.1, 0.15) is 0 Å². The number of hydrogen-bond acceptors (Lipinski definition) is 3. The van der Waals surface area contributed by atoms with Gasteiger partial charge in [0.2, 0.25) is 0 Å². The van der Waals surface area contributed by atoms with E-state index >= 15 is 0 Å². The number of hydrogen-bond donors (Lipinski definition) is 1. The van der Waals surface area contributed by atoms with E-state index in [-0.39, 0.29) is 11.9 Å². The van der Waals surface area contributed by atoms with Gasteiger partial charge in [0.05, 0.1) is 19.3 Å². The first-order valence-electron chi connectivity index (χ1n) is 6.40. The monoisotopic (exact) mass is 248 g/mol. The fourth-order valence-corrected chi connectivity index (χ4v) is 2.18. The van der Waals surface area contributed by atoms with Gasteiger partial charge in [0.25, 0.3) is 5.91 Å². The van der Waals surface area contributed by atoms with Crippen LogP contribution in [0.3, 0.4) is 0 Å². The SMILES string of the molecule is CC1COCCN1C(=O)c1ccc(CCN)cc1. The van der Waals surface area contributed by atoms with Gasteiger partial charge >= 0.3 is 0 Å². The Balaban J connectivity index is 2.08. The maximum absolute atomic E-state index is 12.3. The zero-order chi connectivity index (χ0) is 13.0. The predicted molar refractivity (Wildman–Crippen MR) is 70.5 cm³/mol. The molecule has 4 nitrogen and oxygen atoms in total. The Morgan fingerprint density at radius 2 is 2.17 bits per heavy atom. The van der Waals surface area contributed by atoms with Crippen molar-refractivity contribution in [1.29, 1.82) is 0 Å². The van der Waals surface area contributed by atoms with Crippen molar-refractivity contribution in [2.45, 2.75) is 19.4 Å². The summed E-state index contributed by atoms with van der Waals surface area (Å²) in [5.74, 6) is 0.0881. The lowest BCUT2D eigenvalue weighted by atomic mass is 10.1. The summed E-state index contributed by atoms with van der Waals surface area (Å²) in [5, 5.41) is 0. The van der Waals surface area contributed by atoms with E-state index in [4.69, 9.17) is 10.5 Å². The molecule has 1 aromatic rings. The molecule has 98 valence electrons. The van der Waals surface area contributed by atoms with Gasteiger partial charge in [0, 0.05) is 12.1 Å². The molecular weight excluding hydrogens is 228 g/mol. The van der Waals surface area contributed by atoms with Gasteiger partial charge in [-0.15, -0.1) is 0 Å². The van der Waals surface area contributed by atoms with Gasteiger partial charge in [-0.05, 0) is 37.6 Å². The molecule has 1 saturated heterocycles. The van der Waals surface area contributed by atoms with Crippen molar-refractivity contribution in [3.63, 3.8) is 0 Å². The van der Waals surface area contributed by atoms with Crippen LogP contribution in [0.5, 0.6) is 0 Å². The van der Waals surface area contributed by atoms with Gasteiger partial charge < -0.3 is 15.4 Å². The molecule has 0 saturated carbocycles. The van der Waals surface area contributed by atoms with Crippen molar-refractivity contribution in [2.75, 3.05) is 26.3 Å².